The van der Waals surface area contributed by atoms with Crippen LogP contribution in [0.15, 0.2) is 36.5 Å². The average Bonchev–Trinajstić information content (AvgIpc) is 2.89. The molecule has 2 aromatic rings. The van der Waals surface area contributed by atoms with Crippen LogP contribution in [0.4, 0.5) is 5.69 Å². The van der Waals surface area contributed by atoms with Crippen molar-refractivity contribution in [3.63, 3.8) is 0 Å². The molecule has 1 fully saturated rings. The monoisotopic (exact) mass is 255 g/mol. The van der Waals surface area contributed by atoms with E-state index < -0.39 is 0 Å². The normalized spacial score (nSPS) is 16.9. The van der Waals surface area contributed by atoms with Gasteiger partial charge in [-0.1, -0.05) is 31.4 Å². The fraction of sp³-hybridized carbons (Fsp3) is 0.438. The van der Waals surface area contributed by atoms with Crippen LogP contribution in [-0.2, 0) is 0 Å². The Morgan fingerprint density at radius 2 is 2.05 bits per heavy atom. The van der Waals surface area contributed by atoms with E-state index in [1.165, 1.54) is 36.9 Å². The Bertz CT molecular complexity index is 497. The maximum Gasteiger partial charge on any atom is 0.0650 e. The lowest BCUT2D eigenvalue weighted by molar-refractivity contribution is 0.286. The van der Waals surface area contributed by atoms with Gasteiger partial charge in [-0.3, -0.25) is 5.10 Å². The second kappa shape index (κ2) is 5.47. The van der Waals surface area contributed by atoms with Gasteiger partial charge in [0.1, 0.15) is 0 Å². The van der Waals surface area contributed by atoms with Gasteiger partial charge in [-0.2, -0.15) is 5.10 Å². The van der Waals surface area contributed by atoms with Gasteiger partial charge >= 0.3 is 0 Å². The molecule has 1 heterocycles. The Balaban J connectivity index is 1.59. The number of H-pyrrole nitrogens is 1. The highest BCUT2D eigenvalue weighted by Gasteiger charge is 2.19. The number of nitrogens with zero attached hydrogens (tertiary/aromatic N) is 1. The zero-order valence-electron chi connectivity index (χ0n) is 11.4. The number of nitrogens with one attached hydrogen (secondary N) is 2. The Morgan fingerprint density at radius 1 is 1.26 bits per heavy atom. The van der Waals surface area contributed by atoms with Crippen LogP contribution in [0.5, 0.6) is 0 Å². The molecule has 1 aliphatic rings. The molecule has 1 unspecified atom stereocenters. The quantitative estimate of drug-likeness (QED) is 0.845. The highest BCUT2D eigenvalue weighted by Crippen LogP contribution is 2.31. The summed E-state index contributed by atoms with van der Waals surface area (Å²) in [6.07, 6.45) is 7.34. The highest BCUT2D eigenvalue weighted by molar-refractivity contribution is 5.62. The van der Waals surface area contributed by atoms with Crippen molar-refractivity contribution < 1.29 is 0 Å². The van der Waals surface area contributed by atoms with Crippen LogP contribution >= 0.6 is 0 Å². The molecular formula is C16H21N3. The van der Waals surface area contributed by atoms with E-state index >= 15 is 0 Å². The van der Waals surface area contributed by atoms with E-state index in [0.717, 1.165) is 11.6 Å². The lowest BCUT2D eigenvalue weighted by Gasteiger charge is -2.28. The first kappa shape index (κ1) is 12.3. The summed E-state index contributed by atoms with van der Waals surface area (Å²) < 4.78 is 0. The van der Waals surface area contributed by atoms with Gasteiger partial charge in [0.25, 0.3) is 0 Å². The van der Waals surface area contributed by atoms with E-state index in [2.05, 4.69) is 46.7 Å². The molecule has 0 spiro atoms. The molecule has 0 amide bonds. The first-order chi connectivity index (χ1) is 9.31. The Morgan fingerprint density at radius 3 is 2.63 bits per heavy atom. The molecule has 3 heteroatoms. The lowest BCUT2D eigenvalue weighted by Crippen LogP contribution is -2.23. The van der Waals surface area contributed by atoms with Gasteiger partial charge in [0, 0.05) is 17.9 Å². The number of hydrogen-bond acceptors (Lipinski definition) is 2. The molecule has 1 atom stereocenters. The molecule has 0 saturated heterocycles. The zero-order chi connectivity index (χ0) is 13.1. The molecule has 1 saturated carbocycles. The van der Waals surface area contributed by atoms with Crippen molar-refractivity contribution in [2.24, 2.45) is 5.92 Å². The molecule has 1 aromatic carbocycles. The second-order valence-electron chi connectivity index (χ2n) is 5.63. The molecule has 19 heavy (non-hydrogen) atoms. The Hall–Kier alpha value is -1.77. The molecule has 1 aliphatic carbocycles. The predicted octanol–water partition coefficient (Wildman–Crippen LogP) is 4.07. The predicted molar refractivity (Wildman–Crippen MR) is 79.1 cm³/mol. The van der Waals surface area contributed by atoms with Crippen LogP contribution in [0, 0.1) is 5.92 Å². The third-order valence-corrected chi connectivity index (χ3v) is 4.02. The van der Waals surface area contributed by atoms with Crippen molar-refractivity contribution in [1.29, 1.82) is 0 Å². The third kappa shape index (κ3) is 2.98. The van der Waals surface area contributed by atoms with Crippen molar-refractivity contribution >= 4 is 5.69 Å². The van der Waals surface area contributed by atoms with Crippen LogP contribution in [0.25, 0.3) is 11.3 Å². The van der Waals surface area contributed by atoms with Crippen molar-refractivity contribution in [2.45, 2.75) is 38.6 Å². The van der Waals surface area contributed by atoms with Gasteiger partial charge in [-0.25, -0.2) is 0 Å². The SMILES string of the molecule is CC(CC1CCC1)Nc1ccc(-c2ccn[nH]2)cc1. The number of anilines is 1. The Labute approximate surface area is 114 Å². The number of aromatic amines is 1. The summed E-state index contributed by atoms with van der Waals surface area (Å²) in [5, 5.41) is 10.5. The van der Waals surface area contributed by atoms with E-state index in [9.17, 15) is 0 Å². The maximum absolute atomic E-state index is 3.98. The van der Waals surface area contributed by atoms with E-state index in [1.54, 1.807) is 6.20 Å². The molecule has 2 N–H and O–H groups in total. The van der Waals surface area contributed by atoms with Gasteiger partial charge in [-0.15, -0.1) is 0 Å². The molecule has 1 aromatic heterocycles. The zero-order valence-corrected chi connectivity index (χ0v) is 11.4. The minimum atomic E-state index is 0.559. The van der Waals surface area contributed by atoms with Crippen molar-refractivity contribution in [2.75, 3.05) is 5.32 Å². The van der Waals surface area contributed by atoms with Crippen molar-refractivity contribution in [3.05, 3.63) is 36.5 Å². The third-order valence-electron chi connectivity index (χ3n) is 4.02. The van der Waals surface area contributed by atoms with Crippen LogP contribution < -0.4 is 5.32 Å². The molecule has 3 nitrogen and oxygen atoms in total. The largest absolute Gasteiger partial charge is 0.383 e. The summed E-state index contributed by atoms with van der Waals surface area (Å²) in [6, 6.07) is 11.1. The van der Waals surface area contributed by atoms with E-state index in [1.807, 2.05) is 6.07 Å². The number of benzene rings is 1. The fourth-order valence-corrected chi connectivity index (χ4v) is 2.73. The number of aromatic nitrogens is 2. The van der Waals surface area contributed by atoms with Crippen LogP contribution in [0.2, 0.25) is 0 Å². The standard InChI is InChI=1S/C16H21N3/c1-12(11-13-3-2-4-13)18-15-7-5-14(6-8-15)16-9-10-17-19-16/h5-10,12-13,18H,2-4,11H2,1H3,(H,17,19). The lowest BCUT2D eigenvalue weighted by atomic mass is 9.81. The summed E-state index contributed by atoms with van der Waals surface area (Å²) in [7, 11) is 0. The van der Waals surface area contributed by atoms with Crippen molar-refractivity contribution in [3.8, 4) is 11.3 Å². The van der Waals surface area contributed by atoms with Gasteiger partial charge in [0.15, 0.2) is 0 Å². The van der Waals surface area contributed by atoms with Crippen LogP contribution in [0.1, 0.15) is 32.6 Å². The van der Waals surface area contributed by atoms with E-state index in [-0.39, 0.29) is 0 Å². The molecule has 100 valence electrons. The fourth-order valence-electron chi connectivity index (χ4n) is 2.73. The maximum atomic E-state index is 3.98. The molecule has 0 aliphatic heterocycles. The summed E-state index contributed by atoms with van der Waals surface area (Å²) in [5.41, 5.74) is 3.44. The van der Waals surface area contributed by atoms with Gasteiger partial charge < -0.3 is 5.32 Å². The second-order valence-corrected chi connectivity index (χ2v) is 5.63. The molecule has 0 radical (unpaired) electrons. The van der Waals surface area contributed by atoms with Gasteiger partial charge in [0.05, 0.1) is 5.69 Å². The summed E-state index contributed by atoms with van der Waals surface area (Å²) in [6.45, 7) is 2.28. The van der Waals surface area contributed by atoms with E-state index in [4.69, 9.17) is 0 Å². The molecule has 3 rings (SSSR count). The highest BCUT2D eigenvalue weighted by atomic mass is 15.1. The summed E-state index contributed by atoms with van der Waals surface area (Å²) in [5.74, 6) is 0.951. The first-order valence-electron chi connectivity index (χ1n) is 7.17. The smallest absolute Gasteiger partial charge is 0.0650 e. The molecule has 0 bridgehead atoms. The number of hydrogen-bond donors (Lipinski definition) is 2. The van der Waals surface area contributed by atoms with Crippen LogP contribution in [-0.4, -0.2) is 16.2 Å². The van der Waals surface area contributed by atoms with Crippen molar-refractivity contribution in [1.82, 2.24) is 10.2 Å². The summed E-state index contributed by atoms with van der Waals surface area (Å²) >= 11 is 0. The Kier molecular flexibility index (Phi) is 3.53. The first-order valence-corrected chi connectivity index (χ1v) is 7.17. The molecular weight excluding hydrogens is 234 g/mol. The minimum absolute atomic E-state index is 0.559. The van der Waals surface area contributed by atoms with E-state index in [0.29, 0.717) is 6.04 Å². The number of rotatable bonds is 5. The van der Waals surface area contributed by atoms with Gasteiger partial charge in [-0.05, 0) is 43.0 Å². The van der Waals surface area contributed by atoms with Crippen LogP contribution in [0.3, 0.4) is 0 Å². The topological polar surface area (TPSA) is 40.7 Å². The van der Waals surface area contributed by atoms with Gasteiger partial charge in [0.2, 0.25) is 0 Å². The average molecular weight is 255 g/mol. The minimum Gasteiger partial charge on any atom is -0.383 e. The summed E-state index contributed by atoms with van der Waals surface area (Å²) in [4.78, 5) is 0.